The molecule has 2 aromatic rings. The van der Waals surface area contributed by atoms with Crippen LogP contribution in [0.4, 0.5) is 4.39 Å². The van der Waals surface area contributed by atoms with Crippen LogP contribution in [-0.4, -0.2) is 17.5 Å². The number of rotatable bonds is 7. The zero-order valence-electron chi connectivity index (χ0n) is 12.7. The van der Waals surface area contributed by atoms with E-state index in [-0.39, 0.29) is 17.9 Å². The number of alkyl halides is 1. The molecule has 2 rings (SSSR count). The Morgan fingerprint density at radius 2 is 1.86 bits per heavy atom. The molecule has 0 unspecified atom stereocenters. The first-order valence-corrected chi connectivity index (χ1v) is 7.56. The summed E-state index contributed by atoms with van der Waals surface area (Å²) in [6.45, 7) is 4.82. The van der Waals surface area contributed by atoms with Crippen LogP contribution >= 0.6 is 11.6 Å². The number of aromatic nitrogens is 1. The standard InChI is InChI=1S/C17H19ClFNO2/c1-17(2,11-18)12-21-10-13-8-9-15(19)16(20-13)22-14-6-4-3-5-7-14/h3-9H,10-12H2,1-2H3. The molecule has 0 aliphatic carbocycles. The van der Waals surface area contributed by atoms with Gasteiger partial charge in [0, 0.05) is 11.3 Å². The van der Waals surface area contributed by atoms with E-state index in [1.165, 1.54) is 6.07 Å². The Morgan fingerprint density at radius 1 is 1.14 bits per heavy atom. The third-order valence-electron chi connectivity index (χ3n) is 2.93. The molecule has 118 valence electrons. The molecule has 0 radical (unpaired) electrons. The van der Waals surface area contributed by atoms with Crippen molar-refractivity contribution in [1.29, 1.82) is 0 Å². The van der Waals surface area contributed by atoms with Crippen molar-refractivity contribution in [2.45, 2.75) is 20.5 Å². The third-order valence-corrected chi connectivity index (χ3v) is 3.66. The minimum atomic E-state index is -0.506. The smallest absolute Gasteiger partial charge is 0.256 e. The third kappa shape index (κ3) is 4.97. The minimum Gasteiger partial charge on any atom is -0.436 e. The molecular weight excluding hydrogens is 305 g/mol. The van der Waals surface area contributed by atoms with Gasteiger partial charge in [-0.1, -0.05) is 32.0 Å². The van der Waals surface area contributed by atoms with E-state index in [1.807, 2.05) is 32.0 Å². The van der Waals surface area contributed by atoms with Crippen molar-refractivity contribution in [3.63, 3.8) is 0 Å². The second-order valence-corrected chi connectivity index (χ2v) is 6.06. The van der Waals surface area contributed by atoms with Gasteiger partial charge in [0.1, 0.15) is 5.75 Å². The summed E-state index contributed by atoms with van der Waals surface area (Å²) in [7, 11) is 0. The van der Waals surface area contributed by atoms with Crippen LogP contribution < -0.4 is 4.74 Å². The first-order chi connectivity index (χ1) is 10.5. The highest BCUT2D eigenvalue weighted by atomic mass is 35.5. The molecule has 5 heteroatoms. The predicted molar refractivity (Wildman–Crippen MR) is 84.9 cm³/mol. The van der Waals surface area contributed by atoms with E-state index >= 15 is 0 Å². The van der Waals surface area contributed by atoms with Crippen molar-refractivity contribution >= 4 is 11.6 Å². The number of halogens is 2. The second kappa shape index (κ2) is 7.56. The average Bonchev–Trinajstić information content (AvgIpc) is 2.51. The van der Waals surface area contributed by atoms with Crippen LogP contribution in [-0.2, 0) is 11.3 Å². The van der Waals surface area contributed by atoms with Crippen molar-refractivity contribution in [2.75, 3.05) is 12.5 Å². The van der Waals surface area contributed by atoms with Gasteiger partial charge in [-0.2, -0.15) is 0 Å². The topological polar surface area (TPSA) is 31.4 Å². The van der Waals surface area contributed by atoms with Crippen molar-refractivity contribution in [3.05, 3.63) is 54.0 Å². The largest absolute Gasteiger partial charge is 0.436 e. The molecule has 0 spiro atoms. The number of nitrogens with zero attached hydrogens (tertiary/aromatic N) is 1. The number of hydrogen-bond donors (Lipinski definition) is 0. The normalized spacial score (nSPS) is 11.5. The molecular formula is C17H19ClFNO2. The van der Waals surface area contributed by atoms with Crippen LogP contribution in [0.2, 0.25) is 0 Å². The number of ether oxygens (including phenoxy) is 2. The van der Waals surface area contributed by atoms with E-state index in [2.05, 4.69) is 4.98 Å². The van der Waals surface area contributed by atoms with Crippen LogP contribution in [0.3, 0.4) is 0 Å². The minimum absolute atomic E-state index is 0.0519. The highest BCUT2D eigenvalue weighted by Gasteiger charge is 2.17. The highest BCUT2D eigenvalue weighted by Crippen LogP contribution is 2.23. The predicted octanol–water partition coefficient (Wildman–Crippen LogP) is 4.79. The van der Waals surface area contributed by atoms with Gasteiger partial charge in [0.15, 0.2) is 5.82 Å². The van der Waals surface area contributed by atoms with Crippen molar-refractivity contribution in [2.24, 2.45) is 5.41 Å². The molecule has 0 saturated heterocycles. The van der Waals surface area contributed by atoms with Crippen molar-refractivity contribution in [3.8, 4) is 11.6 Å². The molecule has 0 aliphatic rings. The summed E-state index contributed by atoms with van der Waals surface area (Å²) in [5.74, 6) is 0.486. The van der Waals surface area contributed by atoms with E-state index in [0.29, 0.717) is 23.9 Å². The number of benzene rings is 1. The molecule has 1 aromatic heterocycles. The van der Waals surface area contributed by atoms with Crippen LogP contribution in [0.15, 0.2) is 42.5 Å². The van der Waals surface area contributed by atoms with E-state index < -0.39 is 5.82 Å². The molecule has 22 heavy (non-hydrogen) atoms. The fourth-order valence-corrected chi connectivity index (χ4v) is 1.76. The number of para-hydroxylation sites is 1. The monoisotopic (exact) mass is 323 g/mol. The van der Waals surface area contributed by atoms with Gasteiger partial charge in [0.25, 0.3) is 5.88 Å². The zero-order chi connectivity index (χ0) is 16.0. The van der Waals surface area contributed by atoms with Gasteiger partial charge in [-0.15, -0.1) is 11.6 Å². The van der Waals surface area contributed by atoms with Crippen molar-refractivity contribution < 1.29 is 13.9 Å². The Morgan fingerprint density at radius 3 is 2.55 bits per heavy atom. The Hall–Kier alpha value is -1.65. The Bertz CT molecular complexity index is 605. The lowest BCUT2D eigenvalue weighted by molar-refractivity contribution is 0.0593. The molecule has 0 amide bonds. The van der Waals surface area contributed by atoms with E-state index in [1.54, 1.807) is 18.2 Å². The second-order valence-electron chi connectivity index (χ2n) is 5.80. The maximum atomic E-state index is 13.8. The van der Waals surface area contributed by atoms with Crippen LogP contribution in [0.1, 0.15) is 19.5 Å². The van der Waals surface area contributed by atoms with Crippen LogP contribution in [0.5, 0.6) is 11.6 Å². The summed E-state index contributed by atoms with van der Waals surface area (Å²) < 4.78 is 24.8. The fraction of sp³-hybridized carbons (Fsp3) is 0.353. The van der Waals surface area contributed by atoms with Gasteiger partial charge in [0.2, 0.25) is 0 Å². The Kier molecular flexibility index (Phi) is 5.75. The lowest BCUT2D eigenvalue weighted by Crippen LogP contribution is -2.21. The highest BCUT2D eigenvalue weighted by molar-refractivity contribution is 6.18. The quantitative estimate of drug-likeness (QED) is 0.686. The van der Waals surface area contributed by atoms with Gasteiger partial charge in [0.05, 0.1) is 18.9 Å². The van der Waals surface area contributed by atoms with Gasteiger partial charge in [-0.25, -0.2) is 9.37 Å². The summed E-state index contributed by atoms with van der Waals surface area (Å²) in [5.41, 5.74) is 0.503. The number of pyridine rings is 1. The summed E-state index contributed by atoms with van der Waals surface area (Å²) >= 11 is 5.85. The molecule has 0 aliphatic heterocycles. The summed E-state index contributed by atoms with van der Waals surface area (Å²) in [5, 5.41) is 0. The summed E-state index contributed by atoms with van der Waals surface area (Å²) in [6.07, 6.45) is 0. The lowest BCUT2D eigenvalue weighted by atomic mass is 9.98. The van der Waals surface area contributed by atoms with Crippen LogP contribution in [0, 0.1) is 11.2 Å². The van der Waals surface area contributed by atoms with E-state index in [0.717, 1.165) is 0 Å². The molecule has 1 aromatic carbocycles. The summed E-state index contributed by atoms with van der Waals surface area (Å²) in [4.78, 5) is 4.16. The molecule has 0 N–H and O–H groups in total. The Balaban J connectivity index is 2.01. The maximum Gasteiger partial charge on any atom is 0.256 e. The molecule has 0 saturated carbocycles. The first kappa shape index (κ1) is 16.7. The number of hydrogen-bond acceptors (Lipinski definition) is 3. The Labute approximate surface area is 135 Å². The van der Waals surface area contributed by atoms with Gasteiger partial charge in [-0.3, -0.25) is 0 Å². The molecule has 1 heterocycles. The lowest BCUT2D eigenvalue weighted by Gasteiger charge is -2.20. The van der Waals surface area contributed by atoms with E-state index in [4.69, 9.17) is 21.1 Å². The maximum absolute atomic E-state index is 13.8. The van der Waals surface area contributed by atoms with Gasteiger partial charge in [-0.05, 0) is 24.3 Å². The van der Waals surface area contributed by atoms with Gasteiger partial charge < -0.3 is 9.47 Å². The van der Waals surface area contributed by atoms with Crippen LogP contribution in [0.25, 0.3) is 0 Å². The first-order valence-electron chi connectivity index (χ1n) is 7.02. The average molecular weight is 324 g/mol. The summed E-state index contributed by atoms with van der Waals surface area (Å²) in [6, 6.07) is 11.9. The van der Waals surface area contributed by atoms with Crippen molar-refractivity contribution in [1.82, 2.24) is 4.98 Å². The van der Waals surface area contributed by atoms with Gasteiger partial charge >= 0.3 is 0 Å². The zero-order valence-corrected chi connectivity index (χ0v) is 13.4. The molecule has 0 atom stereocenters. The molecule has 0 bridgehead atoms. The molecule has 3 nitrogen and oxygen atoms in total. The van der Waals surface area contributed by atoms with E-state index in [9.17, 15) is 4.39 Å². The SMILES string of the molecule is CC(C)(CCl)COCc1ccc(F)c(Oc2ccccc2)n1. The molecule has 0 fully saturated rings. The fourth-order valence-electron chi connectivity index (χ4n) is 1.68.